The molecular weight excluding hydrogens is 312 g/mol. The summed E-state index contributed by atoms with van der Waals surface area (Å²) in [5.74, 6) is -0.384. The van der Waals surface area contributed by atoms with Gasteiger partial charge < -0.3 is 5.32 Å². The van der Waals surface area contributed by atoms with Gasteiger partial charge in [0, 0.05) is 6.04 Å². The molecule has 0 aliphatic heterocycles. The highest BCUT2D eigenvalue weighted by Gasteiger charge is 2.27. The van der Waals surface area contributed by atoms with Crippen LogP contribution in [0.15, 0.2) is 65.6 Å². The van der Waals surface area contributed by atoms with E-state index in [1.165, 1.54) is 12.1 Å². The van der Waals surface area contributed by atoms with Crippen LogP contribution in [0.5, 0.6) is 0 Å². The van der Waals surface area contributed by atoms with Gasteiger partial charge in [0.15, 0.2) is 0 Å². The maximum atomic E-state index is 12.5. The third kappa shape index (κ3) is 4.64. The first kappa shape index (κ1) is 17.2. The number of benzene rings is 2. The summed E-state index contributed by atoms with van der Waals surface area (Å²) >= 11 is 0. The summed E-state index contributed by atoms with van der Waals surface area (Å²) < 4.78 is 27.5. The summed E-state index contributed by atoms with van der Waals surface area (Å²) in [6.07, 6.45) is 0. The second-order valence-corrected chi connectivity index (χ2v) is 7.16. The monoisotopic (exact) mass is 332 g/mol. The molecule has 5 nitrogen and oxygen atoms in total. The molecule has 0 aliphatic carbocycles. The van der Waals surface area contributed by atoms with Crippen molar-refractivity contribution in [1.82, 2.24) is 10.0 Å². The molecule has 1 atom stereocenters. The van der Waals surface area contributed by atoms with E-state index < -0.39 is 16.1 Å². The molecule has 2 N–H and O–H groups in total. The smallest absolute Gasteiger partial charge is 0.242 e. The molecule has 0 bridgehead atoms. The highest BCUT2D eigenvalue weighted by Crippen LogP contribution is 2.17. The summed E-state index contributed by atoms with van der Waals surface area (Å²) in [6, 6.07) is 15.7. The normalized spacial score (nSPS) is 12.8. The molecule has 2 rings (SSSR count). The Labute approximate surface area is 136 Å². The topological polar surface area (TPSA) is 75.3 Å². The van der Waals surface area contributed by atoms with Crippen LogP contribution in [0.2, 0.25) is 0 Å². The number of amides is 1. The average Bonchev–Trinajstić information content (AvgIpc) is 2.53. The van der Waals surface area contributed by atoms with Crippen LogP contribution in [0.3, 0.4) is 0 Å². The Hall–Kier alpha value is -2.18. The Morgan fingerprint density at radius 3 is 1.96 bits per heavy atom. The van der Waals surface area contributed by atoms with Gasteiger partial charge in [-0.25, -0.2) is 8.42 Å². The van der Waals surface area contributed by atoms with Crippen LogP contribution in [0.4, 0.5) is 0 Å². The van der Waals surface area contributed by atoms with E-state index in [1.54, 1.807) is 42.5 Å². The largest absolute Gasteiger partial charge is 0.352 e. The highest BCUT2D eigenvalue weighted by atomic mass is 32.2. The molecule has 0 saturated carbocycles. The van der Waals surface area contributed by atoms with E-state index in [4.69, 9.17) is 0 Å². The molecule has 0 spiro atoms. The second-order valence-electron chi connectivity index (χ2n) is 5.44. The van der Waals surface area contributed by atoms with E-state index in [0.717, 1.165) is 0 Å². The number of rotatable bonds is 6. The van der Waals surface area contributed by atoms with Crippen LogP contribution < -0.4 is 10.0 Å². The zero-order valence-electron chi connectivity index (χ0n) is 13.1. The molecule has 0 heterocycles. The van der Waals surface area contributed by atoms with Gasteiger partial charge in [0.05, 0.1) is 4.90 Å². The number of hydrogen-bond donors (Lipinski definition) is 2. The third-order valence-electron chi connectivity index (χ3n) is 3.15. The Kier molecular flexibility index (Phi) is 5.52. The van der Waals surface area contributed by atoms with E-state index in [0.29, 0.717) is 5.56 Å². The molecule has 0 aliphatic rings. The molecule has 2 aromatic rings. The van der Waals surface area contributed by atoms with Gasteiger partial charge in [0.25, 0.3) is 0 Å². The molecule has 0 fully saturated rings. The van der Waals surface area contributed by atoms with Crippen molar-refractivity contribution in [3.8, 4) is 0 Å². The molecule has 23 heavy (non-hydrogen) atoms. The summed E-state index contributed by atoms with van der Waals surface area (Å²) in [5.41, 5.74) is 0.588. The van der Waals surface area contributed by atoms with E-state index >= 15 is 0 Å². The molecule has 0 radical (unpaired) electrons. The van der Waals surface area contributed by atoms with Crippen molar-refractivity contribution in [2.75, 3.05) is 0 Å². The molecular formula is C17H20N2O3S. The lowest BCUT2D eigenvalue weighted by atomic mass is 10.1. The predicted molar refractivity (Wildman–Crippen MR) is 89.2 cm³/mol. The van der Waals surface area contributed by atoms with E-state index in [1.807, 2.05) is 19.9 Å². The summed E-state index contributed by atoms with van der Waals surface area (Å²) in [5, 5.41) is 2.75. The van der Waals surface area contributed by atoms with Crippen LogP contribution in [0.25, 0.3) is 0 Å². The van der Waals surface area contributed by atoms with Crippen molar-refractivity contribution in [3.05, 3.63) is 66.2 Å². The quantitative estimate of drug-likeness (QED) is 0.852. The number of carbonyl (C=O) groups is 1. The summed E-state index contributed by atoms with van der Waals surface area (Å²) in [7, 11) is -3.80. The van der Waals surface area contributed by atoms with Crippen LogP contribution >= 0.6 is 0 Å². The Bertz CT molecular complexity index is 744. The zero-order valence-corrected chi connectivity index (χ0v) is 13.9. The number of sulfonamides is 1. The summed E-state index contributed by atoms with van der Waals surface area (Å²) in [4.78, 5) is 12.5. The van der Waals surface area contributed by atoms with Crippen LogP contribution in [0.1, 0.15) is 25.5 Å². The van der Waals surface area contributed by atoms with Crippen LogP contribution in [-0.2, 0) is 14.8 Å². The van der Waals surface area contributed by atoms with Gasteiger partial charge in [0.2, 0.25) is 15.9 Å². The Balaban J connectivity index is 2.33. The lowest BCUT2D eigenvalue weighted by Crippen LogP contribution is -2.42. The first-order valence-electron chi connectivity index (χ1n) is 7.33. The number of carbonyl (C=O) groups excluding carboxylic acids is 1. The van der Waals surface area contributed by atoms with Crippen molar-refractivity contribution < 1.29 is 13.2 Å². The second kappa shape index (κ2) is 7.39. The maximum Gasteiger partial charge on any atom is 0.242 e. The fraction of sp³-hybridized carbons (Fsp3) is 0.235. The van der Waals surface area contributed by atoms with E-state index in [-0.39, 0.29) is 16.8 Å². The van der Waals surface area contributed by atoms with E-state index in [2.05, 4.69) is 10.0 Å². The lowest BCUT2D eigenvalue weighted by Gasteiger charge is -2.20. The first-order valence-corrected chi connectivity index (χ1v) is 8.81. The van der Waals surface area contributed by atoms with Gasteiger partial charge in [-0.15, -0.1) is 0 Å². The van der Waals surface area contributed by atoms with Crippen molar-refractivity contribution in [2.45, 2.75) is 30.8 Å². The third-order valence-corrected chi connectivity index (χ3v) is 4.59. The number of hydrogen-bond acceptors (Lipinski definition) is 3. The van der Waals surface area contributed by atoms with Crippen LogP contribution in [-0.4, -0.2) is 20.4 Å². The SMILES string of the molecule is CC(C)NC(=O)[C@@H](NS(=O)(=O)c1ccccc1)c1ccccc1. The minimum Gasteiger partial charge on any atom is -0.352 e. The average molecular weight is 332 g/mol. The highest BCUT2D eigenvalue weighted by molar-refractivity contribution is 7.89. The lowest BCUT2D eigenvalue weighted by molar-refractivity contribution is -0.123. The molecule has 1 amide bonds. The van der Waals surface area contributed by atoms with Gasteiger partial charge in [-0.2, -0.15) is 4.72 Å². The van der Waals surface area contributed by atoms with Crippen molar-refractivity contribution in [3.63, 3.8) is 0 Å². The van der Waals surface area contributed by atoms with Crippen molar-refractivity contribution >= 4 is 15.9 Å². The van der Waals surface area contributed by atoms with Crippen LogP contribution in [0, 0.1) is 0 Å². The first-order chi connectivity index (χ1) is 10.9. The molecule has 0 saturated heterocycles. The standard InChI is InChI=1S/C17H20N2O3S/c1-13(2)18-17(20)16(14-9-5-3-6-10-14)19-23(21,22)15-11-7-4-8-12-15/h3-13,16,19H,1-2H3,(H,18,20)/t16-/m0/s1. The molecule has 122 valence electrons. The molecule has 6 heteroatoms. The minimum atomic E-state index is -3.80. The molecule has 0 aromatic heterocycles. The Morgan fingerprint density at radius 2 is 1.43 bits per heavy atom. The van der Waals surface area contributed by atoms with Gasteiger partial charge in [-0.1, -0.05) is 48.5 Å². The molecule has 2 aromatic carbocycles. The van der Waals surface area contributed by atoms with Gasteiger partial charge in [-0.3, -0.25) is 4.79 Å². The zero-order chi connectivity index (χ0) is 16.9. The van der Waals surface area contributed by atoms with Crippen molar-refractivity contribution in [1.29, 1.82) is 0 Å². The van der Waals surface area contributed by atoms with Crippen molar-refractivity contribution in [2.24, 2.45) is 0 Å². The summed E-state index contributed by atoms with van der Waals surface area (Å²) in [6.45, 7) is 3.65. The number of nitrogens with one attached hydrogen (secondary N) is 2. The minimum absolute atomic E-state index is 0.0880. The van der Waals surface area contributed by atoms with E-state index in [9.17, 15) is 13.2 Å². The fourth-order valence-electron chi connectivity index (χ4n) is 2.11. The Morgan fingerprint density at radius 1 is 0.913 bits per heavy atom. The van der Waals surface area contributed by atoms with Gasteiger partial charge in [0.1, 0.15) is 6.04 Å². The maximum absolute atomic E-state index is 12.5. The van der Waals surface area contributed by atoms with Gasteiger partial charge >= 0.3 is 0 Å². The fourth-order valence-corrected chi connectivity index (χ4v) is 3.31. The van der Waals surface area contributed by atoms with Gasteiger partial charge in [-0.05, 0) is 31.5 Å². The predicted octanol–water partition coefficient (Wildman–Crippen LogP) is 2.23. The molecule has 0 unspecified atom stereocenters.